The third kappa shape index (κ3) is 1.07. The zero-order valence-electron chi connectivity index (χ0n) is 6.06. The number of rotatable bonds is 0. The van der Waals surface area contributed by atoms with Gasteiger partial charge < -0.3 is 0 Å². The van der Waals surface area contributed by atoms with Gasteiger partial charge >= 0.3 is 18.9 Å². The second-order valence-corrected chi connectivity index (χ2v) is 3.01. The van der Waals surface area contributed by atoms with E-state index in [9.17, 15) is 0 Å². The molecule has 2 unspecified atom stereocenters. The standard InChI is InChI=1S/C8H11.Li/c1-6-4-7-2-3-8(6)5-7;/h4,7-8H,1-3,5H2;/q-1;+1. The molecule has 0 aromatic carbocycles. The molecule has 2 aliphatic rings. The quantitative estimate of drug-likeness (QED) is 0.285. The monoisotopic (exact) mass is 114 g/mol. The molecule has 2 aliphatic carbocycles. The van der Waals surface area contributed by atoms with E-state index in [1.165, 1.54) is 24.8 Å². The summed E-state index contributed by atoms with van der Waals surface area (Å²) >= 11 is 0. The Bertz CT molecular complexity index is 138. The summed E-state index contributed by atoms with van der Waals surface area (Å²) in [4.78, 5) is 0. The van der Waals surface area contributed by atoms with Gasteiger partial charge in [0.2, 0.25) is 0 Å². The van der Waals surface area contributed by atoms with Crippen LogP contribution in [0.5, 0.6) is 0 Å². The van der Waals surface area contributed by atoms with E-state index in [4.69, 9.17) is 0 Å². The van der Waals surface area contributed by atoms with Crippen LogP contribution in [0.2, 0.25) is 0 Å². The molecule has 0 nitrogen and oxygen atoms in total. The van der Waals surface area contributed by atoms with Gasteiger partial charge in [-0.3, -0.25) is 0 Å². The summed E-state index contributed by atoms with van der Waals surface area (Å²) in [6, 6.07) is 0. The molecule has 0 aliphatic heterocycles. The van der Waals surface area contributed by atoms with Gasteiger partial charge in [-0.15, -0.1) is 0 Å². The van der Waals surface area contributed by atoms with Crippen molar-refractivity contribution in [3.05, 3.63) is 18.6 Å². The van der Waals surface area contributed by atoms with Gasteiger partial charge in [0, 0.05) is 0 Å². The van der Waals surface area contributed by atoms with Gasteiger partial charge in [-0.05, 0) is 0 Å². The number of allylic oxidation sites excluding steroid dienone is 2. The van der Waals surface area contributed by atoms with Crippen molar-refractivity contribution in [3.63, 3.8) is 0 Å². The van der Waals surface area contributed by atoms with Crippen LogP contribution in [0.15, 0.2) is 11.6 Å². The Morgan fingerprint density at radius 2 is 2.22 bits per heavy atom. The van der Waals surface area contributed by atoms with Crippen molar-refractivity contribution in [2.75, 3.05) is 0 Å². The van der Waals surface area contributed by atoms with Crippen LogP contribution in [0.25, 0.3) is 0 Å². The Kier molecular flexibility index (Phi) is 1.99. The summed E-state index contributed by atoms with van der Waals surface area (Å²) in [6.07, 6.45) is 6.62. The van der Waals surface area contributed by atoms with Gasteiger partial charge in [0.05, 0.1) is 0 Å². The zero-order valence-corrected chi connectivity index (χ0v) is 6.06. The minimum absolute atomic E-state index is 0. The van der Waals surface area contributed by atoms with Crippen LogP contribution < -0.4 is 18.9 Å². The summed E-state index contributed by atoms with van der Waals surface area (Å²) in [5.74, 6) is 1.81. The molecule has 2 rings (SSSR count). The van der Waals surface area contributed by atoms with Crippen molar-refractivity contribution < 1.29 is 18.9 Å². The number of hydrogen-bond acceptors (Lipinski definition) is 0. The topological polar surface area (TPSA) is 0 Å². The molecule has 1 heteroatoms. The first kappa shape index (κ1) is 7.32. The van der Waals surface area contributed by atoms with Gasteiger partial charge in [-0.2, -0.15) is 0 Å². The SMILES string of the molecule is [CH2-]C1=CC2CCC1C2.[Li+]. The molecule has 0 N–H and O–H groups in total. The maximum absolute atomic E-state index is 3.98. The summed E-state index contributed by atoms with van der Waals surface area (Å²) in [5, 5.41) is 0. The van der Waals surface area contributed by atoms with Crippen LogP contribution in [0.1, 0.15) is 19.3 Å². The summed E-state index contributed by atoms with van der Waals surface area (Å²) in [6.45, 7) is 3.98. The van der Waals surface area contributed by atoms with Crippen LogP contribution in [-0.4, -0.2) is 0 Å². The molecular formula is C8H11Li. The largest absolute Gasteiger partial charge is 1.00 e. The van der Waals surface area contributed by atoms with Crippen LogP contribution in [0.4, 0.5) is 0 Å². The van der Waals surface area contributed by atoms with E-state index in [2.05, 4.69) is 13.0 Å². The number of fused-ring (bicyclic) bond motifs is 2. The molecular weight excluding hydrogens is 103 g/mol. The molecule has 0 heterocycles. The van der Waals surface area contributed by atoms with E-state index in [1.807, 2.05) is 0 Å². The van der Waals surface area contributed by atoms with Gasteiger partial charge in [-0.1, -0.05) is 31.1 Å². The van der Waals surface area contributed by atoms with E-state index < -0.39 is 0 Å². The van der Waals surface area contributed by atoms with Gasteiger partial charge in [0.15, 0.2) is 0 Å². The molecule has 0 aromatic heterocycles. The first-order valence-electron chi connectivity index (χ1n) is 3.40. The van der Waals surface area contributed by atoms with E-state index in [0.717, 1.165) is 11.8 Å². The summed E-state index contributed by atoms with van der Waals surface area (Å²) in [5.41, 5.74) is 1.42. The van der Waals surface area contributed by atoms with Crippen molar-refractivity contribution in [1.82, 2.24) is 0 Å². The second kappa shape index (κ2) is 2.44. The van der Waals surface area contributed by atoms with E-state index >= 15 is 0 Å². The molecule has 0 saturated heterocycles. The normalized spacial score (nSPS) is 38.0. The average molecular weight is 114 g/mol. The molecule has 2 bridgehead atoms. The predicted molar refractivity (Wildman–Crippen MR) is 34.3 cm³/mol. The Morgan fingerprint density at radius 3 is 2.44 bits per heavy atom. The Labute approximate surface area is 68.9 Å². The predicted octanol–water partition coefficient (Wildman–Crippen LogP) is -0.819. The molecule has 9 heavy (non-hydrogen) atoms. The van der Waals surface area contributed by atoms with Gasteiger partial charge in [0.1, 0.15) is 0 Å². The first-order valence-corrected chi connectivity index (χ1v) is 3.40. The maximum atomic E-state index is 3.98. The second-order valence-electron chi connectivity index (χ2n) is 3.01. The Hall–Kier alpha value is 0.207. The third-order valence-corrected chi connectivity index (χ3v) is 2.45. The van der Waals surface area contributed by atoms with E-state index in [1.54, 1.807) is 0 Å². The smallest absolute Gasteiger partial charge is 0.242 e. The van der Waals surface area contributed by atoms with Crippen LogP contribution in [0.3, 0.4) is 0 Å². The fraction of sp³-hybridized carbons (Fsp3) is 0.625. The van der Waals surface area contributed by atoms with Crippen molar-refractivity contribution in [2.24, 2.45) is 11.8 Å². The molecule has 1 fully saturated rings. The van der Waals surface area contributed by atoms with Crippen LogP contribution in [-0.2, 0) is 0 Å². The van der Waals surface area contributed by atoms with Crippen molar-refractivity contribution >= 4 is 0 Å². The number of hydrogen-bond donors (Lipinski definition) is 0. The fourth-order valence-electron chi connectivity index (χ4n) is 1.94. The minimum Gasteiger partial charge on any atom is -0.242 e. The van der Waals surface area contributed by atoms with Crippen molar-refractivity contribution in [1.29, 1.82) is 0 Å². The molecule has 0 spiro atoms. The minimum atomic E-state index is 0. The molecule has 1 saturated carbocycles. The third-order valence-electron chi connectivity index (χ3n) is 2.45. The molecule has 0 radical (unpaired) electrons. The summed E-state index contributed by atoms with van der Waals surface area (Å²) in [7, 11) is 0. The maximum Gasteiger partial charge on any atom is 1.00 e. The van der Waals surface area contributed by atoms with Gasteiger partial charge in [-0.25, -0.2) is 18.6 Å². The average Bonchev–Trinajstić information content (AvgIpc) is 2.23. The van der Waals surface area contributed by atoms with Crippen molar-refractivity contribution in [3.8, 4) is 0 Å². The Balaban J connectivity index is 0.000000405. The van der Waals surface area contributed by atoms with Crippen LogP contribution in [0, 0.1) is 18.8 Å². The zero-order chi connectivity index (χ0) is 5.56. The fourth-order valence-corrected chi connectivity index (χ4v) is 1.94. The molecule has 0 aromatic rings. The molecule has 0 amide bonds. The molecule has 44 valence electrons. The summed E-state index contributed by atoms with van der Waals surface area (Å²) < 4.78 is 0. The molecule has 2 atom stereocenters. The Morgan fingerprint density at radius 1 is 1.44 bits per heavy atom. The van der Waals surface area contributed by atoms with Crippen molar-refractivity contribution in [2.45, 2.75) is 19.3 Å². The first-order chi connectivity index (χ1) is 3.86. The van der Waals surface area contributed by atoms with E-state index in [0.29, 0.717) is 0 Å². The van der Waals surface area contributed by atoms with E-state index in [-0.39, 0.29) is 18.9 Å². The van der Waals surface area contributed by atoms with Gasteiger partial charge in [0.25, 0.3) is 0 Å². The van der Waals surface area contributed by atoms with Crippen LogP contribution >= 0.6 is 0 Å².